The number of aromatic nitrogens is 2. The summed E-state index contributed by atoms with van der Waals surface area (Å²) in [6.07, 6.45) is 3.89. The Labute approximate surface area is 97.1 Å². The molecule has 0 saturated carbocycles. The van der Waals surface area contributed by atoms with E-state index in [1.54, 1.807) is 7.11 Å². The molecule has 0 aliphatic rings. The smallest absolute Gasteiger partial charge is 0.137 e. The molecule has 0 radical (unpaired) electrons. The van der Waals surface area contributed by atoms with Gasteiger partial charge in [-0.15, -0.1) is 0 Å². The highest BCUT2D eigenvalue weighted by molar-refractivity contribution is 5.44. The fourth-order valence-corrected chi connectivity index (χ4v) is 1.53. The first-order valence-electron chi connectivity index (χ1n) is 5.73. The molecule has 0 spiro atoms. The number of hydrogen-bond donors (Lipinski definition) is 0. The van der Waals surface area contributed by atoms with Gasteiger partial charge in [-0.3, -0.25) is 0 Å². The van der Waals surface area contributed by atoms with E-state index in [2.05, 4.69) is 23.2 Å². The highest BCUT2D eigenvalue weighted by Crippen LogP contribution is 2.19. The predicted octanol–water partition coefficient (Wildman–Crippen LogP) is 3.49. The van der Waals surface area contributed by atoms with E-state index < -0.39 is 0 Å². The van der Waals surface area contributed by atoms with Gasteiger partial charge in [-0.1, -0.05) is 27.7 Å². The van der Waals surface area contributed by atoms with Crippen LogP contribution in [0.2, 0.25) is 0 Å². The minimum absolute atomic E-state index is 0.470. The minimum Gasteiger partial charge on any atom is -0.495 e. The van der Waals surface area contributed by atoms with Crippen molar-refractivity contribution in [3.63, 3.8) is 0 Å². The zero-order valence-electron chi connectivity index (χ0n) is 10.7. The molecule has 2 rings (SSSR count). The Hall–Kier alpha value is -1.51. The van der Waals surface area contributed by atoms with Gasteiger partial charge < -0.3 is 9.14 Å². The number of ether oxygens (including phenoxy) is 1. The van der Waals surface area contributed by atoms with Crippen molar-refractivity contribution in [3.05, 3.63) is 30.2 Å². The van der Waals surface area contributed by atoms with Gasteiger partial charge in [0.1, 0.15) is 11.4 Å². The van der Waals surface area contributed by atoms with E-state index in [0.29, 0.717) is 5.92 Å². The molecule has 0 atom stereocenters. The maximum Gasteiger partial charge on any atom is 0.137 e. The number of pyridine rings is 1. The van der Waals surface area contributed by atoms with E-state index in [4.69, 9.17) is 4.74 Å². The molecule has 0 N–H and O–H groups in total. The Morgan fingerprint density at radius 2 is 1.94 bits per heavy atom. The molecule has 0 fully saturated rings. The molecule has 2 aromatic heterocycles. The lowest BCUT2D eigenvalue weighted by Gasteiger charge is -2.06. The van der Waals surface area contributed by atoms with Gasteiger partial charge in [-0.05, 0) is 18.1 Å². The summed E-state index contributed by atoms with van der Waals surface area (Å²) in [5.74, 6) is 1.33. The van der Waals surface area contributed by atoms with Gasteiger partial charge in [0.2, 0.25) is 0 Å². The summed E-state index contributed by atoms with van der Waals surface area (Å²) in [7, 11) is 1.67. The zero-order chi connectivity index (χ0) is 12.1. The Kier molecular flexibility index (Phi) is 4.35. The largest absolute Gasteiger partial charge is 0.495 e. The van der Waals surface area contributed by atoms with Gasteiger partial charge in [0.25, 0.3) is 0 Å². The summed E-state index contributed by atoms with van der Waals surface area (Å²) < 4.78 is 7.25. The highest BCUT2D eigenvalue weighted by atomic mass is 16.5. The highest BCUT2D eigenvalue weighted by Gasteiger charge is 2.06. The van der Waals surface area contributed by atoms with Crippen molar-refractivity contribution in [1.29, 1.82) is 0 Å². The molecular formula is C13H20N2O. The standard InChI is InChI=1S/C11H14N2O.C2H6/c1-8(2)10-6-12-11-5-4-9(14-3)7-13(10)11;1-2/h4-8H,1-3H3;1-2H3. The van der Waals surface area contributed by atoms with Crippen molar-refractivity contribution in [1.82, 2.24) is 9.38 Å². The third-order valence-electron chi connectivity index (χ3n) is 2.33. The summed E-state index contributed by atoms with van der Waals surface area (Å²) in [6.45, 7) is 8.31. The van der Waals surface area contributed by atoms with Crippen LogP contribution < -0.4 is 4.74 Å². The summed E-state index contributed by atoms with van der Waals surface area (Å²) >= 11 is 0. The van der Waals surface area contributed by atoms with E-state index in [9.17, 15) is 0 Å². The monoisotopic (exact) mass is 220 g/mol. The number of nitrogens with zero attached hydrogens (tertiary/aromatic N) is 2. The molecule has 16 heavy (non-hydrogen) atoms. The van der Waals surface area contributed by atoms with Crippen LogP contribution in [0.1, 0.15) is 39.3 Å². The average molecular weight is 220 g/mol. The van der Waals surface area contributed by atoms with Crippen LogP contribution in [-0.2, 0) is 0 Å². The third kappa shape index (κ3) is 2.35. The van der Waals surface area contributed by atoms with E-state index in [0.717, 1.165) is 11.4 Å². The summed E-state index contributed by atoms with van der Waals surface area (Å²) in [5, 5.41) is 0. The second-order valence-electron chi connectivity index (χ2n) is 3.63. The molecular weight excluding hydrogens is 200 g/mol. The summed E-state index contributed by atoms with van der Waals surface area (Å²) in [4.78, 5) is 4.32. The average Bonchev–Trinajstić information content (AvgIpc) is 2.74. The van der Waals surface area contributed by atoms with Crippen LogP contribution in [0.3, 0.4) is 0 Å². The Morgan fingerprint density at radius 3 is 2.50 bits per heavy atom. The lowest BCUT2D eigenvalue weighted by molar-refractivity contribution is 0.412. The number of hydrogen-bond acceptors (Lipinski definition) is 2. The van der Waals surface area contributed by atoms with E-state index in [1.807, 2.05) is 38.4 Å². The molecule has 0 bridgehead atoms. The molecule has 88 valence electrons. The number of rotatable bonds is 2. The first-order chi connectivity index (χ1) is 7.72. The van der Waals surface area contributed by atoms with Crippen LogP contribution >= 0.6 is 0 Å². The second-order valence-corrected chi connectivity index (χ2v) is 3.63. The first kappa shape index (κ1) is 12.6. The Balaban J connectivity index is 0.000000606. The predicted molar refractivity (Wildman–Crippen MR) is 67.2 cm³/mol. The van der Waals surface area contributed by atoms with Crippen LogP contribution in [0.15, 0.2) is 24.5 Å². The fourth-order valence-electron chi connectivity index (χ4n) is 1.53. The maximum absolute atomic E-state index is 5.18. The van der Waals surface area contributed by atoms with E-state index in [1.165, 1.54) is 5.69 Å². The lowest BCUT2D eigenvalue weighted by atomic mass is 10.1. The lowest BCUT2D eigenvalue weighted by Crippen LogP contribution is -1.95. The molecule has 0 unspecified atom stereocenters. The van der Waals surface area contributed by atoms with Gasteiger partial charge in [-0.25, -0.2) is 4.98 Å². The van der Waals surface area contributed by atoms with E-state index >= 15 is 0 Å². The van der Waals surface area contributed by atoms with Crippen molar-refractivity contribution in [2.45, 2.75) is 33.6 Å². The van der Waals surface area contributed by atoms with Crippen LogP contribution in [0.5, 0.6) is 5.75 Å². The third-order valence-corrected chi connectivity index (χ3v) is 2.33. The van der Waals surface area contributed by atoms with Crippen molar-refractivity contribution < 1.29 is 4.74 Å². The molecule has 3 nitrogen and oxygen atoms in total. The molecule has 0 aliphatic carbocycles. The summed E-state index contributed by atoms with van der Waals surface area (Å²) in [6, 6.07) is 3.89. The van der Waals surface area contributed by atoms with Gasteiger partial charge in [0.15, 0.2) is 0 Å². The molecule has 0 aliphatic heterocycles. The van der Waals surface area contributed by atoms with Gasteiger partial charge >= 0.3 is 0 Å². The topological polar surface area (TPSA) is 26.5 Å². The SMILES string of the molecule is CC.COc1ccc2ncc(C(C)C)n2c1. The molecule has 0 aromatic carbocycles. The molecule has 0 saturated heterocycles. The zero-order valence-corrected chi connectivity index (χ0v) is 10.7. The normalized spacial score (nSPS) is 10.1. The maximum atomic E-state index is 5.18. The van der Waals surface area contributed by atoms with Gasteiger partial charge in [0.05, 0.1) is 13.3 Å². The van der Waals surface area contributed by atoms with Gasteiger partial charge in [-0.2, -0.15) is 0 Å². The van der Waals surface area contributed by atoms with E-state index in [-0.39, 0.29) is 0 Å². The molecule has 3 heteroatoms. The molecule has 0 amide bonds. The molecule has 2 heterocycles. The van der Waals surface area contributed by atoms with Crippen LogP contribution in [0, 0.1) is 0 Å². The van der Waals surface area contributed by atoms with Gasteiger partial charge in [0, 0.05) is 11.9 Å². The number of fused-ring (bicyclic) bond motifs is 1. The second kappa shape index (κ2) is 5.54. The van der Waals surface area contributed by atoms with Crippen molar-refractivity contribution in [2.75, 3.05) is 7.11 Å². The first-order valence-corrected chi connectivity index (χ1v) is 5.73. The van der Waals surface area contributed by atoms with Crippen LogP contribution in [0.4, 0.5) is 0 Å². The van der Waals surface area contributed by atoms with Crippen LogP contribution in [0.25, 0.3) is 5.65 Å². The quantitative estimate of drug-likeness (QED) is 0.774. The van der Waals surface area contributed by atoms with Crippen molar-refractivity contribution in [3.8, 4) is 5.75 Å². The van der Waals surface area contributed by atoms with Crippen molar-refractivity contribution >= 4 is 5.65 Å². The molecule has 2 aromatic rings. The van der Waals surface area contributed by atoms with Crippen LogP contribution in [-0.4, -0.2) is 16.5 Å². The fraction of sp³-hybridized carbons (Fsp3) is 0.462. The number of methoxy groups -OCH3 is 1. The minimum atomic E-state index is 0.470. The number of imidazole rings is 1. The Bertz CT molecular complexity index is 446. The van der Waals surface area contributed by atoms with Crippen molar-refractivity contribution in [2.24, 2.45) is 0 Å². The summed E-state index contributed by atoms with van der Waals surface area (Å²) in [5.41, 5.74) is 2.17. The Morgan fingerprint density at radius 1 is 1.25 bits per heavy atom.